The number of hydrogen-bond donors (Lipinski definition) is 3. The summed E-state index contributed by atoms with van der Waals surface area (Å²) in [6.45, 7) is 11.7. The number of fused-ring (bicyclic) bond motifs is 1. The topological polar surface area (TPSA) is 126 Å². The standard InChI is InChI=1S/C29H51N3O5S/c1-7-18(2)26(34)25-22(28(4)15-12-20(33)13-16-28)14-17-29(5)21(9-10-23(25)29)19(3)8-11-24-30-31-27(37-24)32-38(6,35)36/h18-23,25-26,33-34H,7-17H2,1-6H3,(H,31,32)/t18-,19+,20-,21+,22?,23?,25?,26+,28+,29+/m0/s1. The second-order valence-electron chi connectivity index (χ2n) is 13.7. The lowest BCUT2D eigenvalue weighted by Crippen LogP contribution is -2.53. The van der Waals surface area contributed by atoms with Crippen LogP contribution in [0.15, 0.2) is 4.42 Å². The molecule has 1 aromatic rings. The van der Waals surface area contributed by atoms with E-state index in [1.165, 1.54) is 19.3 Å². The Labute approximate surface area is 229 Å². The zero-order chi connectivity index (χ0) is 27.9. The van der Waals surface area contributed by atoms with Crippen molar-refractivity contribution in [3.63, 3.8) is 0 Å². The van der Waals surface area contributed by atoms with Gasteiger partial charge in [0.1, 0.15) is 0 Å². The zero-order valence-corrected chi connectivity index (χ0v) is 25.1. The van der Waals surface area contributed by atoms with Gasteiger partial charge in [-0.15, -0.1) is 5.10 Å². The number of hydrogen-bond acceptors (Lipinski definition) is 7. The van der Waals surface area contributed by atoms with Gasteiger partial charge >= 0.3 is 6.01 Å². The summed E-state index contributed by atoms with van der Waals surface area (Å²) in [5, 5.41) is 29.9. The number of rotatable bonds is 10. The summed E-state index contributed by atoms with van der Waals surface area (Å²) in [7, 11) is -3.45. The van der Waals surface area contributed by atoms with Crippen molar-refractivity contribution in [2.24, 2.45) is 46.3 Å². The van der Waals surface area contributed by atoms with Crippen molar-refractivity contribution in [3.05, 3.63) is 5.89 Å². The maximum Gasteiger partial charge on any atom is 0.329 e. The van der Waals surface area contributed by atoms with Crippen molar-refractivity contribution >= 4 is 16.0 Å². The lowest BCUT2D eigenvalue weighted by molar-refractivity contribution is -0.123. The first-order valence-electron chi connectivity index (χ1n) is 14.9. The first-order valence-corrected chi connectivity index (χ1v) is 16.8. The van der Waals surface area contributed by atoms with Crippen molar-refractivity contribution in [1.29, 1.82) is 0 Å². The molecule has 218 valence electrons. The van der Waals surface area contributed by atoms with Crippen molar-refractivity contribution < 1.29 is 23.0 Å². The van der Waals surface area contributed by atoms with E-state index in [1.807, 2.05) is 0 Å². The minimum Gasteiger partial charge on any atom is -0.407 e. The third-order valence-corrected chi connectivity index (χ3v) is 11.8. The maximum absolute atomic E-state index is 11.8. The number of aryl methyl sites for hydroxylation is 1. The molecular formula is C29H51N3O5S. The van der Waals surface area contributed by atoms with E-state index < -0.39 is 10.0 Å². The van der Waals surface area contributed by atoms with Crippen molar-refractivity contribution in [1.82, 2.24) is 10.2 Å². The largest absolute Gasteiger partial charge is 0.407 e. The van der Waals surface area contributed by atoms with Crippen molar-refractivity contribution in [3.8, 4) is 0 Å². The molecule has 38 heavy (non-hydrogen) atoms. The van der Waals surface area contributed by atoms with Crippen LogP contribution in [0.25, 0.3) is 0 Å². The molecule has 0 amide bonds. The maximum atomic E-state index is 11.8. The Morgan fingerprint density at radius 3 is 2.37 bits per heavy atom. The van der Waals surface area contributed by atoms with Crippen LogP contribution in [0.4, 0.5) is 6.01 Å². The van der Waals surface area contributed by atoms with Crippen molar-refractivity contribution in [2.75, 3.05) is 11.0 Å². The summed E-state index contributed by atoms with van der Waals surface area (Å²) in [6, 6.07) is -0.0769. The normalized spacial score (nSPS) is 38.4. The lowest BCUT2D eigenvalue weighted by atomic mass is 9.48. The van der Waals surface area contributed by atoms with Crippen LogP contribution in [-0.4, -0.2) is 47.3 Å². The molecule has 4 rings (SSSR count). The fourth-order valence-corrected chi connectivity index (χ4v) is 9.22. The predicted octanol–water partition coefficient (Wildman–Crippen LogP) is 5.42. The Balaban J connectivity index is 1.49. The van der Waals surface area contributed by atoms with E-state index in [-0.39, 0.29) is 35.0 Å². The highest BCUT2D eigenvalue weighted by atomic mass is 32.2. The Bertz CT molecular complexity index is 1040. The van der Waals surface area contributed by atoms with Crippen LogP contribution >= 0.6 is 0 Å². The van der Waals surface area contributed by atoms with E-state index in [2.05, 4.69) is 49.5 Å². The number of nitrogens with zero attached hydrogens (tertiary/aromatic N) is 2. The summed E-state index contributed by atoms with van der Waals surface area (Å²) < 4.78 is 30.7. The Kier molecular flexibility index (Phi) is 8.90. The van der Waals surface area contributed by atoms with Gasteiger partial charge in [-0.2, -0.15) is 0 Å². The van der Waals surface area contributed by atoms with E-state index in [4.69, 9.17) is 4.42 Å². The van der Waals surface area contributed by atoms with E-state index >= 15 is 0 Å². The molecule has 8 atom stereocenters. The molecule has 3 fully saturated rings. The van der Waals surface area contributed by atoms with Gasteiger partial charge in [-0.05, 0) is 104 Å². The SMILES string of the molecule is CC[C@H](C)[C@@H](O)C1C2CC[C@H]([C@H](C)CCc3nnc(NS(C)(=O)=O)o3)[C@@]2(C)CCC1[C@]1(C)CC[C@H](O)CC1. The molecule has 0 saturated heterocycles. The van der Waals surface area contributed by atoms with Crippen LogP contribution in [0.5, 0.6) is 0 Å². The Morgan fingerprint density at radius 2 is 1.74 bits per heavy atom. The van der Waals surface area contributed by atoms with Crippen LogP contribution in [0.2, 0.25) is 0 Å². The highest BCUT2D eigenvalue weighted by molar-refractivity contribution is 7.91. The summed E-state index contributed by atoms with van der Waals surface area (Å²) in [5.74, 6) is 3.09. The fourth-order valence-electron chi connectivity index (χ4n) is 8.82. The molecule has 1 heterocycles. The first kappa shape index (κ1) is 29.8. The van der Waals surface area contributed by atoms with Gasteiger partial charge in [0.05, 0.1) is 18.5 Å². The average Bonchev–Trinajstić information content (AvgIpc) is 3.45. The molecule has 0 spiro atoms. The molecule has 3 aliphatic carbocycles. The van der Waals surface area contributed by atoms with Gasteiger partial charge in [0.25, 0.3) is 0 Å². The molecule has 3 saturated carbocycles. The first-order chi connectivity index (χ1) is 17.8. The van der Waals surface area contributed by atoms with Gasteiger partial charge in [0.2, 0.25) is 15.9 Å². The molecule has 8 nitrogen and oxygen atoms in total. The minimum absolute atomic E-state index is 0.0769. The molecule has 0 radical (unpaired) electrons. The molecule has 9 heteroatoms. The van der Waals surface area contributed by atoms with Gasteiger partial charge in [-0.25, -0.2) is 13.1 Å². The third kappa shape index (κ3) is 6.09. The summed E-state index contributed by atoms with van der Waals surface area (Å²) in [6.07, 6.45) is 11.7. The quantitative estimate of drug-likeness (QED) is 0.353. The Morgan fingerprint density at radius 1 is 1.05 bits per heavy atom. The molecule has 0 aromatic carbocycles. The number of sulfonamides is 1. The number of nitrogens with one attached hydrogen (secondary N) is 1. The number of aliphatic hydroxyl groups is 2. The van der Waals surface area contributed by atoms with E-state index in [0.717, 1.165) is 51.2 Å². The van der Waals surface area contributed by atoms with E-state index in [9.17, 15) is 18.6 Å². The van der Waals surface area contributed by atoms with Gasteiger partial charge < -0.3 is 14.6 Å². The average molecular weight is 554 g/mol. The van der Waals surface area contributed by atoms with E-state index in [0.29, 0.717) is 41.9 Å². The van der Waals surface area contributed by atoms with Gasteiger partial charge in [-0.1, -0.05) is 46.1 Å². The second-order valence-corrected chi connectivity index (χ2v) is 15.4. The molecule has 3 N–H and O–H groups in total. The van der Waals surface area contributed by atoms with Gasteiger partial charge in [-0.3, -0.25) is 0 Å². The number of aliphatic hydroxyl groups excluding tert-OH is 2. The van der Waals surface area contributed by atoms with Gasteiger partial charge in [0.15, 0.2) is 0 Å². The molecule has 0 bridgehead atoms. The van der Waals surface area contributed by atoms with Crippen LogP contribution < -0.4 is 4.72 Å². The number of aromatic nitrogens is 2. The lowest BCUT2D eigenvalue weighted by Gasteiger charge is -2.57. The monoisotopic (exact) mass is 553 g/mol. The molecule has 1 aromatic heterocycles. The van der Waals surface area contributed by atoms with Gasteiger partial charge in [0, 0.05) is 6.42 Å². The minimum atomic E-state index is -3.45. The van der Waals surface area contributed by atoms with E-state index in [1.54, 1.807) is 0 Å². The second kappa shape index (κ2) is 11.4. The van der Waals surface area contributed by atoms with Crippen LogP contribution in [0, 0.1) is 46.3 Å². The predicted molar refractivity (Wildman–Crippen MR) is 149 cm³/mol. The molecular weight excluding hydrogens is 502 g/mol. The smallest absolute Gasteiger partial charge is 0.329 e. The third-order valence-electron chi connectivity index (χ3n) is 11.3. The fraction of sp³-hybridized carbons (Fsp3) is 0.931. The molecule has 3 aliphatic rings. The zero-order valence-electron chi connectivity index (χ0n) is 24.3. The van der Waals surface area contributed by atoms with Crippen molar-refractivity contribution in [2.45, 2.75) is 117 Å². The molecule has 3 unspecified atom stereocenters. The highest BCUT2D eigenvalue weighted by Gasteiger charge is 2.59. The Hall–Kier alpha value is -1.19. The highest BCUT2D eigenvalue weighted by Crippen LogP contribution is 2.65. The van der Waals surface area contributed by atoms with Crippen LogP contribution in [0.1, 0.15) is 105 Å². The summed E-state index contributed by atoms with van der Waals surface area (Å²) in [5.41, 5.74) is 0.385. The van der Waals surface area contributed by atoms with Crippen LogP contribution in [0.3, 0.4) is 0 Å². The summed E-state index contributed by atoms with van der Waals surface area (Å²) >= 11 is 0. The summed E-state index contributed by atoms with van der Waals surface area (Å²) in [4.78, 5) is 0. The number of anilines is 1. The molecule has 0 aliphatic heterocycles. The van der Waals surface area contributed by atoms with Crippen LogP contribution in [-0.2, 0) is 16.4 Å².